The van der Waals surface area contributed by atoms with Crippen LogP contribution in [0, 0.1) is 5.92 Å². The van der Waals surface area contributed by atoms with E-state index in [9.17, 15) is 0 Å². The lowest BCUT2D eigenvalue weighted by Crippen LogP contribution is -2.56. The number of hydrogen-bond donors (Lipinski definition) is 1. The summed E-state index contributed by atoms with van der Waals surface area (Å²) >= 11 is 3.65. The molecule has 2 nitrogen and oxygen atoms in total. The predicted molar refractivity (Wildman–Crippen MR) is 80.6 cm³/mol. The molecule has 18 heavy (non-hydrogen) atoms. The van der Waals surface area contributed by atoms with Crippen LogP contribution in [-0.4, -0.2) is 30.1 Å². The number of hydrogen-bond acceptors (Lipinski definition) is 2. The van der Waals surface area contributed by atoms with Crippen molar-refractivity contribution in [2.24, 2.45) is 5.92 Å². The largest absolute Gasteiger partial charge is 0.311 e. The van der Waals surface area contributed by atoms with Gasteiger partial charge in [0.15, 0.2) is 0 Å². The van der Waals surface area contributed by atoms with Crippen molar-refractivity contribution in [1.29, 1.82) is 0 Å². The molecule has 1 fully saturated rings. The number of nitrogens with zero attached hydrogens (tertiary/aromatic N) is 1. The van der Waals surface area contributed by atoms with E-state index in [1.807, 2.05) is 0 Å². The molecule has 0 radical (unpaired) electrons. The fourth-order valence-corrected chi connectivity index (χ4v) is 3.10. The zero-order chi connectivity index (χ0) is 13.1. The van der Waals surface area contributed by atoms with Crippen LogP contribution in [-0.2, 0) is 6.54 Å². The van der Waals surface area contributed by atoms with Crippen LogP contribution >= 0.6 is 15.9 Å². The van der Waals surface area contributed by atoms with Gasteiger partial charge in [0.1, 0.15) is 0 Å². The smallest absolute Gasteiger partial charge is 0.0249 e. The molecule has 0 aliphatic carbocycles. The van der Waals surface area contributed by atoms with E-state index < -0.39 is 0 Å². The van der Waals surface area contributed by atoms with Gasteiger partial charge in [0.2, 0.25) is 0 Å². The summed E-state index contributed by atoms with van der Waals surface area (Å²) in [7, 11) is 0. The minimum Gasteiger partial charge on any atom is -0.311 e. The Morgan fingerprint density at radius 3 is 2.78 bits per heavy atom. The van der Waals surface area contributed by atoms with Crippen LogP contribution in [0.1, 0.15) is 26.3 Å². The molecule has 0 bridgehead atoms. The molecule has 0 amide bonds. The number of halogens is 1. The molecule has 0 spiro atoms. The zero-order valence-corrected chi connectivity index (χ0v) is 13.1. The van der Waals surface area contributed by atoms with Gasteiger partial charge in [-0.05, 0) is 24.5 Å². The Bertz CT molecular complexity index is 392. The van der Waals surface area contributed by atoms with E-state index in [1.165, 1.54) is 10.0 Å². The normalized spacial score (nSPS) is 25.6. The first-order valence-electron chi connectivity index (χ1n) is 6.78. The van der Waals surface area contributed by atoms with Crippen LogP contribution in [0.15, 0.2) is 28.7 Å². The molecule has 0 saturated carbocycles. The van der Waals surface area contributed by atoms with Crippen LogP contribution in [0.2, 0.25) is 0 Å². The maximum atomic E-state index is 3.65. The average Bonchev–Trinajstić information content (AvgIpc) is 2.32. The molecular formula is C15H23BrN2. The van der Waals surface area contributed by atoms with E-state index in [0.29, 0.717) is 18.0 Å². The highest BCUT2D eigenvalue weighted by atomic mass is 79.9. The summed E-state index contributed by atoms with van der Waals surface area (Å²) < 4.78 is 1.22. The summed E-state index contributed by atoms with van der Waals surface area (Å²) in [5.41, 5.74) is 1.39. The van der Waals surface area contributed by atoms with Crippen LogP contribution in [0.5, 0.6) is 0 Å². The zero-order valence-electron chi connectivity index (χ0n) is 11.5. The second-order valence-corrected chi connectivity index (χ2v) is 6.50. The highest BCUT2D eigenvalue weighted by molar-refractivity contribution is 9.10. The summed E-state index contributed by atoms with van der Waals surface area (Å²) in [5, 5.41) is 3.59. The minimum atomic E-state index is 0.586. The summed E-state index contributed by atoms with van der Waals surface area (Å²) in [6, 6.07) is 9.76. The summed E-state index contributed by atoms with van der Waals surface area (Å²) in [6.45, 7) is 10.2. The molecule has 1 aromatic rings. The molecule has 100 valence electrons. The van der Waals surface area contributed by atoms with E-state index >= 15 is 0 Å². The fraction of sp³-hybridized carbons (Fsp3) is 0.600. The Morgan fingerprint density at radius 1 is 1.39 bits per heavy atom. The molecule has 1 aromatic carbocycles. The summed E-state index contributed by atoms with van der Waals surface area (Å²) in [5.74, 6) is 0.687. The van der Waals surface area contributed by atoms with Crippen molar-refractivity contribution in [3.8, 4) is 0 Å². The van der Waals surface area contributed by atoms with Gasteiger partial charge in [-0.1, -0.05) is 48.0 Å². The van der Waals surface area contributed by atoms with Crippen LogP contribution in [0.4, 0.5) is 0 Å². The molecule has 1 aliphatic rings. The fourth-order valence-electron chi connectivity index (χ4n) is 2.69. The van der Waals surface area contributed by atoms with Crippen molar-refractivity contribution in [2.45, 2.75) is 39.4 Å². The maximum absolute atomic E-state index is 3.65. The molecule has 1 aliphatic heterocycles. The van der Waals surface area contributed by atoms with E-state index in [1.54, 1.807) is 0 Å². The van der Waals surface area contributed by atoms with E-state index in [0.717, 1.165) is 19.6 Å². The highest BCUT2D eigenvalue weighted by Gasteiger charge is 2.28. The predicted octanol–water partition coefficient (Wildman–Crippen LogP) is 3.27. The van der Waals surface area contributed by atoms with Gasteiger partial charge in [-0.3, -0.25) is 4.90 Å². The third-order valence-electron chi connectivity index (χ3n) is 3.75. The van der Waals surface area contributed by atoms with Crippen molar-refractivity contribution in [3.05, 3.63) is 34.3 Å². The van der Waals surface area contributed by atoms with Crippen molar-refractivity contribution < 1.29 is 0 Å². The molecule has 1 saturated heterocycles. The van der Waals surface area contributed by atoms with E-state index in [4.69, 9.17) is 0 Å². The number of nitrogens with one attached hydrogen (secondary N) is 1. The summed E-state index contributed by atoms with van der Waals surface area (Å²) in [4.78, 5) is 2.62. The van der Waals surface area contributed by atoms with Gasteiger partial charge in [0.25, 0.3) is 0 Å². The lowest BCUT2D eigenvalue weighted by molar-refractivity contribution is 0.0954. The van der Waals surface area contributed by atoms with E-state index in [-0.39, 0.29) is 0 Å². The number of benzene rings is 1. The SMILES string of the molecule is CC1CN(Cc2ccccc2Br)C(C(C)C)CN1. The van der Waals surface area contributed by atoms with Crippen LogP contribution in [0.25, 0.3) is 0 Å². The Morgan fingerprint density at radius 2 is 2.11 bits per heavy atom. The standard InChI is InChI=1S/C15H23BrN2/c1-11(2)15-8-17-12(3)9-18(15)10-13-6-4-5-7-14(13)16/h4-7,11-12,15,17H,8-10H2,1-3H3. The molecule has 2 atom stereocenters. The second-order valence-electron chi connectivity index (χ2n) is 5.64. The molecule has 2 unspecified atom stereocenters. The average molecular weight is 311 g/mol. The van der Waals surface area contributed by atoms with Crippen LogP contribution in [0.3, 0.4) is 0 Å². The second kappa shape index (κ2) is 6.18. The molecular weight excluding hydrogens is 288 g/mol. The van der Waals surface area contributed by atoms with Crippen molar-refractivity contribution in [2.75, 3.05) is 13.1 Å². The van der Waals surface area contributed by atoms with Gasteiger partial charge in [-0.2, -0.15) is 0 Å². The monoisotopic (exact) mass is 310 g/mol. The van der Waals surface area contributed by atoms with Gasteiger partial charge < -0.3 is 5.32 Å². The number of piperazine rings is 1. The lowest BCUT2D eigenvalue weighted by atomic mass is 9.98. The first-order valence-corrected chi connectivity index (χ1v) is 7.58. The van der Waals surface area contributed by atoms with Crippen LogP contribution < -0.4 is 5.32 Å². The lowest BCUT2D eigenvalue weighted by Gasteiger charge is -2.41. The molecule has 2 rings (SSSR count). The quantitative estimate of drug-likeness (QED) is 0.922. The van der Waals surface area contributed by atoms with Gasteiger partial charge in [0.05, 0.1) is 0 Å². The topological polar surface area (TPSA) is 15.3 Å². The third-order valence-corrected chi connectivity index (χ3v) is 4.53. The van der Waals surface area contributed by atoms with E-state index in [2.05, 4.69) is 71.2 Å². The highest BCUT2D eigenvalue weighted by Crippen LogP contribution is 2.22. The van der Waals surface area contributed by atoms with Crippen molar-refractivity contribution in [1.82, 2.24) is 10.2 Å². The first kappa shape index (κ1) is 14.0. The van der Waals surface area contributed by atoms with Gasteiger partial charge in [0, 0.05) is 36.2 Å². The molecule has 0 aromatic heterocycles. The van der Waals surface area contributed by atoms with Gasteiger partial charge in [-0.15, -0.1) is 0 Å². The first-order chi connectivity index (χ1) is 8.58. The minimum absolute atomic E-state index is 0.586. The van der Waals surface area contributed by atoms with Crippen molar-refractivity contribution >= 4 is 15.9 Å². The molecule has 3 heteroatoms. The summed E-state index contributed by atoms with van der Waals surface area (Å²) in [6.07, 6.45) is 0. The Kier molecular flexibility index (Phi) is 4.82. The molecule has 1 heterocycles. The molecule has 1 N–H and O–H groups in total. The Hall–Kier alpha value is -0.380. The maximum Gasteiger partial charge on any atom is 0.0249 e. The van der Waals surface area contributed by atoms with Gasteiger partial charge in [-0.25, -0.2) is 0 Å². The number of rotatable bonds is 3. The Balaban J connectivity index is 2.11. The Labute approximate surface area is 119 Å². The van der Waals surface area contributed by atoms with Crippen molar-refractivity contribution in [3.63, 3.8) is 0 Å². The van der Waals surface area contributed by atoms with Gasteiger partial charge >= 0.3 is 0 Å². The third kappa shape index (κ3) is 3.34.